The summed E-state index contributed by atoms with van der Waals surface area (Å²) in [6.07, 6.45) is -4.53. The summed E-state index contributed by atoms with van der Waals surface area (Å²) in [5.74, 6) is -0.929. The molecule has 0 bridgehead atoms. The molecule has 0 aliphatic rings. The van der Waals surface area contributed by atoms with Crippen LogP contribution in [0.1, 0.15) is 15.9 Å². The number of hydrogen-bond acceptors (Lipinski definition) is 3. The van der Waals surface area contributed by atoms with Gasteiger partial charge in [0.05, 0.1) is 4.90 Å². The highest BCUT2D eigenvalue weighted by atomic mass is 35.7. The summed E-state index contributed by atoms with van der Waals surface area (Å²) in [6, 6.07) is 3.45. The van der Waals surface area contributed by atoms with E-state index in [9.17, 15) is 26.4 Å². The summed E-state index contributed by atoms with van der Waals surface area (Å²) in [5.41, 5.74) is 0.214. The molecule has 0 saturated heterocycles. The number of hydrogen-bond donors (Lipinski definition) is 0. The SMILES string of the molecule is Cc1ccc(S(=O)(=O)Cl)cc1C(=O)N(C)CC(F)(F)F. The van der Waals surface area contributed by atoms with Crippen molar-refractivity contribution in [3.05, 3.63) is 29.3 Å². The fourth-order valence-corrected chi connectivity index (χ4v) is 2.31. The van der Waals surface area contributed by atoms with Crippen LogP contribution in [0, 0.1) is 6.92 Å². The molecule has 0 unspecified atom stereocenters. The summed E-state index contributed by atoms with van der Waals surface area (Å²) in [7, 11) is 2.07. The minimum absolute atomic E-state index is 0.140. The maximum atomic E-state index is 12.2. The van der Waals surface area contributed by atoms with Crippen LogP contribution in [-0.2, 0) is 9.05 Å². The van der Waals surface area contributed by atoms with Crippen molar-refractivity contribution in [1.82, 2.24) is 4.90 Å². The molecule has 4 nitrogen and oxygen atoms in total. The van der Waals surface area contributed by atoms with Gasteiger partial charge in [-0.25, -0.2) is 8.42 Å². The van der Waals surface area contributed by atoms with Crippen LogP contribution >= 0.6 is 10.7 Å². The van der Waals surface area contributed by atoms with E-state index in [1.807, 2.05) is 0 Å². The summed E-state index contributed by atoms with van der Waals surface area (Å²) >= 11 is 0. The van der Waals surface area contributed by atoms with Crippen molar-refractivity contribution in [1.29, 1.82) is 0 Å². The molecule has 9 heteroatoms. The molecule has 1 aromatic carbocycles. The molecule has 0 aliphatic carbocycles. The van der Waals surface area contributed by atoms with Crippen LogP contribution in [0.3, 0.4) is 0 Å². The van der Waals surface area contributed by atoms with Gasteiger partial charge in [0.1, 0.15) is 6.54 Å². The molecule has 0 aromatic heterocycles. The third-order valence-electron chi connectivity index (χ3n) is 2.48. The highest BCUT2D eigenvalue weighted by molar-refractivity contribution is 8.13. The number of rotatable bonds is 3. The van der Waals surface area contributed by atoms with E-state index in [1.165, 1.54) is 19.1 Å². The van der Waals surface area contributed by atoms with Gasteiger partial charge in [-0.1, -0.05) is 6.07 Å². The smallest absolute Gasteiger partial charge is 0.333 e. The first-order valence-electron chi connectivity index (χ1n) is 5.29. The Bertz CT molecular complexity index is 628. The predicted molar refractivity (Wildman–Crippen MR) is 67.2 cm³/mol. The molecule has 0 radical (unpaired) electrons. The number of carbonyl (C=O) groups excluding carboxylic acids is 1. The number of alkyl halides is 3. The molecule has 1 rings (SSSR count). The molecular weight excluding hydrogens is 319 g/mol. The number of halogens is 4. The second-order valence-electron chi connectivity index (χ2n) is 4.19. The minimum Gasteiger partial charge on any atom is -0.333 e. The van der Waals surface area contributed by atoms with E-state index < -0.39 is 27.7 Å². The second kappa shape index (κ2) is 5.61. The van der Waals surface area contributed by atoms with Gasteiger partial charge in [-0.2, -0.15) is 13.2 Å². The topological polar surface area (TPSA) is 54.5 Å². The second-order valence-corrected chi connectivity index (χ2v) is 6.76. The lowest BCUT2D eigenvalue weighted by Crippen LogP contribution is -2.36. The lowest BCUT2D eigenvalue weighted by atomic mass is 10.1. The Morgan fingerprint density at radius 2 is 1.90 bits per heavy atom. The van der Waals surface area contributed by atoms with E-state index >= 15 is 0 Å². The quantitative estimate of drug-likeness (QED) is 0.801. The van der Waals surface area contributed by atoms with Gasteiger partial charge in [0.25, 0.3) is 15.0 Å². The van der Waals surface area contributed by atoms with Gasteiger partial charge in [-0.15, -0.1) is 0 Å². The highest BCUT2D eigenvalue weighted by Crippen LogP contribution is 2.22. The Kier molecular flexibility index (Phi) is 4.70. The molecule has 0 atom stereocenters. The lowest BCUT2D eigenvalue weighted by molar-refractivity contribution is -0.138. The molecule has 0 spiro atoms. The monoisotopic (exact) mass is 329 g/mol. The van der Waals surface area contributed by atoms with Crippen LogP contribution in [-0.4, -0.2) is 39.0 Å². The van der Waals surface area contributed by atoms with E-state index in [-0.39, 0.29) is 10.5 Å². The Hall–Kier alpha value is -1.28. The van der Waals surface area contributed by atoms with Crippen LogP contribution < -0.4 is 0 Å². The third-order valence-corrected chi connectivity index (χ3v) is 3.84. The summed E-state index contributed by atoms with van der Waals surface area (Å²) in [5, 5.41) is 0. The predicted octanol–water partition coefficient (Wildman–Crippen LogP) is 2.56. The Balaban J connectivity index is 3.16. The van der Waals surface area contributed by atoms with Crippen LogP contribution in [0.25, 0.3) is 0 Å². The first-order chi connectivity index (χ1) is 8.92. The molecule has 112 valence electrons. The Morgan fingerprint density at radius 1 is 1.35 bits per heavy atom. The molecule has 0 aliphatic heterocycles. The van der Waals surface area contributed by atoms with Crippen molar-refractivity contribution in [3.63, 3.8) is 0 Å². The average Bonchev–Trinajstić information content (AvgIpc) is 2.24. The number of amides is 1. The fourth-order valence-electron chi connectivity index (χ4n) is 1.53. The van der Waals surface area contributed by atoms with Gasteiger partial charge >= 0.3 is 6.18 Å². The molecule has 0 saturated carbocycles. The van der Waals surface area contributed by atoms with Gasteiger partial charge in [-0.05, 0) is 24.6 Å². The van der Waals surface area contributed by atoms with E-state index in [1.54, 1.807) is 0 Å². The van der Waals surface area contributed by atoms with Crippen molar-refractivity contribution in [2.75, 3.05) is 13.6 Å². The van der Waals surface area contributed by atoms with Crippen molar-refractivity contribution >= 4 is 25.6 Å². The first kappa shape index (κ1) is 16.8. The summed E-state index contributed by atoms with van der Waals surface area (Å²) in [4.78, 5) is 12.0. The summed E-state index contributed by atoms with van der Waals surface area (Å²) < 4.78 is 59.1. The highest BCUT2D eigenvalue weighted by Gasteiger charge is 2.32. The molecule has 1 aromatic rings. The normalized spacial score (nSPS) is 12.3. The number of nitrogens with zero attached hydrogens (tertiary/aromatic N) is 1. The molecule has 0 heterocycles. The third kappa shape index (κ3) is 4.38. The lowest BCUT2D eigenvalue weighted by Gasteiger charge is -2.20. The Morgan fingerprint density at radius 3 is 2.35 bits per heavy atom. The van der Waals surface area contributed by atoms with Crippen molar-refractivity contribution in [2.24, 2.45) is 0 Å². The van der Waals surface area contributed by atoms with Crippen LogP contribution in [0.5, 0.6) is 0 Å². The van der Waals surface area contributed by atoms with Gasteiger partial charge in [0, 0.05) is 23.3 Å². The number of benzene rings is 1. The van der Waals surface area contributed by atoms with Gasteiger partial charge in [-0.3, -0.25) is 4.79 Å². The van der Waals surface area contributed by atoms with Gasteiger partial charge < -0.3 is 4.90 Å². The van der Waals surface area contributed by atoms with Crippen molar-refractivity contribution in [3.8, 4) is 0 Å². The maximum Gasteiger partial charge on any atom is 0.406 e. The van der Waals surface area contributed by atoms with E-state index in [4.69, 9.17) is 10.7 Å². The molecule has 20 heavy (non-hydrogen) atoms. The van der Waals surface area contributed by atoms with Crippen molar-refractivity contribution < 1.29 is 26.4 Å². The van der Waals surface area contributed by atoms with Crippen molar-refractivity contribution in [2.45, 2.75) is 18.0 Å². The van der Waals surface area contributed by atoms with Gasteiger partial charge in [0.15, 0.2) is 0 Å². The first-order valence-corrected chi connectivity index (χ1v) is 7.60. The zero-order chi connectivity index (χ0) is 15.7. The van der Waals surface area contributed by atoms with E-state index in [0.717, 1.165) is 13.1 Å². The number of aryl methyl sites for hydroxylation is 1. The van der Waals surface area contributed by atoms with Crippen LogP contribution in [0.2, 0.25) is 0 Å². The van der Waals surface area contributed by atoms with E-state index in [0.29, 0.717) is 10.5 Å². The molecule has 0 fully saturated rings. The largest absolute Gasteiger partial charge is 0.406 e. The van der Waals surface area contributed by atoms with Gasteiger partial charge in [0.2, 0.25) is 0 Å². The fraction of sp³-hybridized carbons (Fsp3) is 0.364. The van der Waals surface area contributed by atoms with Crippen LogP contribution in [0.15, 0.2) is 23.1 Å². The number of carbonyl (C=O) groups is 1. The molecular formula is C11H11ClF3NO3S. The standard InChI is InChI=1S/C11H11ClF3NO3S/c1-7-3-4-8(20(12,18)19)5-9(7)10(17)16(2)6-11(13,14)15/h3-5H,6H2,1-2H3. The maximum absolute atomic E-state index is 12.2. The molecule has 0 N–H and O–H groups in total. The van der Waals surface area contributed by atoms with Crippen LogP contribution in [0.4, 0.5) is 13.2 Å². The zero-order valence-electron chi connectivity index (χ0n) is 10.5. The average molecular weight is 330 g/mol. The zero-order valence-corrected chi connectivity index (χ0v) is 12.1. The minimum atomic E-state index is -4.53. The Labute approximate surface area is 118 Å². The van der Waals surface area contributed by atoms with E-state index in [2.05, 4.69) is 0 Å². The molecule has 1 amide bonds. The summed E-state index contributed by atoms with van der Waals surface area (Å²) in [6.45, 7) is 0.0580.